The summed E-state index contributed by atoms with van der Waals surface area (Å²) < 4.78 is 37.3. The molecule has 0 aromatic heterocycles. The van der Waals surface area contributed by atoms with E-state index in [1.54, 1.807) is 6.92 Å². The summed E-state index contributed by atoms with van der Waals surface area (Å²) in [4.78, 5) is 21.7. The van der Waals surface area contributed by atoms with Crippen LogP contribution in [0.5, 0.6) is 5.75 Å². The Morgan fingerprint density at radius 3 is 2.56 bits per heavy atom. The molecule has 0 unspecified atom stereocenters. The van der Waals surface area contributed by atoms with Crippen molar-refractivity contribution >= 4 is 39.0 Å². The van der Waals surface area contributed by atoms with E-state index in [0.29, 0.717) is 0 Å². The van der Waals surface area contributed by atoms with Gasteiger partial charge >= 0.3 is 5.97 Å². The average Bonchev–Trinajstić information content (AvgIpc) is 2.63. The molecular weight excluding hydrogens is 400 g/mol. The van der Waals surface area contributed by atoms with Crippen molar-refractivity contribution in [2.24, 2.45) is 0 Å². The van der Waals surface area contributed by atoms with Gasteiger partial charge in [0.05, 0.1) is 29.4 Å². The highest BCUT2D eigenvalue weighted by atomic mass is 35.5. The van der Waals surface area contributed by atoms with Crippen molar-refractivity contribution in [2.75, 3.05) is 18.4 Å². The third-order valence-electron chi connectivity index (χ3n) is 3.38. The zero-order valence-electron chi connectivity index (χ0n) is 14.3. The number of nitrogens with zero attached hydrogens (tertiary/aromatic N) is 1. The topological polar surface area (TPSA) is 125 Å². The lowest BCUT2D eigenvalue weighted by atomic mass is 10.2. The fraction of sp³-hybridized carbons (Fsp3) is 0.188. The van der Waals surface area contributed by atoms with Crippen LogP contribution in [0.2, 0.25) is 5.02 Å². The highest BCUT2D eigenvalue weighted by Gasteiger charge is 2.27. The number of anilines is 1. The molecule has 0 heterocycles. The molecule has 2 rings (SSSR count). The molecular formula is C16H15ClN2O7S. The van der Waals surface area contributed by atoms with E-state index in [4.69, 9.17) is 21.1 Å². The van der Waals surface area contributed by atoms with Crippen LogP contribution in [0.25, 0.3) is 0 Å². The molecule has 2 aromatic carbocycles. The van der Waals surface area contributed by atoms with E-state index < -0.39 is 31.5 Å². The maximum atomic E-state index is 12.6. The molecule has 27 heavy (non-hydrogen) atoms. The van der Waals surface area contributed by atoms with Gasteiger partial charge in [-0.05, 0) is 19.1 Å². The second-order valence-corrected chi connectivity index (χ2v) is 7.14. The number of esters is 1. The van der Waals surface area contributed by atoms with Crippen LogP contribution in [0.3, 0.4) is 0 Å². The molecule has 2 aromatic rings. The Bertz CT molecular complexity index is 992. The van der Waals surface area contributed by atoms with Gasteiger partial charge in [0.25, 0.3) is 15.7 Å². The van der Waals surface area contributed by atoms with Crippen molar-refractivity contribution in [3.8, 4) is 5.75 Å². The summed E-state index contributed by atoms with van der Waals surface area (Å²) in [6.45, 7) is 1.76. The molecule has 9 nitrogen and oxygen atoms in total. The molecule has 0 fully saturated rings. The van der Waals surface area contributed by atoms with Crippen LogP contribution in [0, 0.1) is 10.1 Å². The molecule has 0 aliphatic heterocycles. The number of carbonyl (C=O) groups excluding carboxylic acids is 1. The van der Waals surface area contributed by atoms with Crippen molar-refractivity contribution in [3.63, 3.8) is 0 Å². The van der Waals surface area contributed by atoms with E-state index in [0.717, 1.165) is 12.1 Å². The zero-order valence-corrected chi connectivity index (χ0v) is 15.8. The van der Waals surface area contributed by atoms with Crippen LogP contribution in [-0.2, 0) is 14.8 Å². The SMILES string of the molecule is CCOC(=O)c1cc(Cl)c(NS(=O)(=O)c2ccccc2[N+](=O)[O-])cc1OC. The van der Waals surface area contributed by atoms with Gasteiger partial charge in [-0.25, -0.2) is 13.2 Å². The summed E-state index contributed by atoms with van der Waals surface area (Å²) in [5.74, 6) is -0.664. The molecule has 0 aliphatic carbocycles. The number of hydrogen-bond acceptors (Lipinski definition) is 7. The number of carbonyl (C=O) groups is 1. The summed E-state index contributed by atoms with van der Waals surface area (Å²) in [6.07, 6.45) is 0. The summed E-state index contributed by atoms with van der Waals surface area (Å²) in [6, 6.07) is 7.25. The number of benzene rings is 2. The molecule has 0 bridgehead atoms. The van der Waals surface area contributed by atoms with E-state index >= 15 is 0 Å². The molecule has 144 valence electrons. The molecule has 0 spiro atoms. The normalized spacial score (nSPS) is 10.9. The molecule has 0 aliphatic rings. The molecule has 11 heteroatoms. The molecule has 0 radical (unpaired) electrons. The van der Waals surface area contributed by atoms with Crippen molar-refractivity contribution in [1.82, 2.24) is 0 Å². The number of ether oxygens (including phenoxy) is 2. The van der Waals surface area contributed by atoms with Crippen LogP contribution in [-0.4, -0.2) is 33.0 Å². The first-order valence-electron chi connectivity index (χ1n) is 7.52. The number of nitrogens with one attached hydrogen (secondary N) is 1. The van der Waals surface area contributed by atoms with Gasteiger partial charge in [-0.3, -0.25) is 14.8 Å². The minimum Gasteiger partial charge on any atom is -0.496 e. The van der Waals surface area contributed by atoms with Crippen molar-refractivity contribution in [1.29, 1.82) is 0 Å². The molecule has 0 saturated carbocycles. The Morgan fingerprint density at radius 2 is 1.96 bits per heavy atom. The van der Waals surface area contributed by atoms with E-state index in [1.807, 2.05) is 0 Å². The lowest BCUT2D eigenvalue weighted by Gasteiger charge is -2.14. The van der Waals surface area contributed by atoms with Gasteiger partial charge in [-0.2, -0.15) is 0 Å². The van der Waals surface area contributed by atoms with Crippen LogP contribution >= 0.6 is 11.6 Å². The highest BCUT2D eigenvalue weighted by Crippen LogP contribution is 2.34. The molecule has 0 saturated heterocycles. The minimum atomic E-state index is -4.33. The van der Waals surface area contributed by atoms with E-state index in [2.05, 4.69) is 4.72 Å². The highest BCUT2D eigenvalue weighted by molar-refractivity contribution is 7.92. The number of para-hydroxylation sites is 1. The summed E-state index contributed by atoms with van der Waals surface area (Å²) in [5.41, 5.74) is -0.686. The first-order chi connectivity index (χ1) is 12.7. The standard InChI is InChI=1S/C16H15ClN2O7S/c1-3-26-16(20)10-8-11(17)12(9-14(10)25-2)18-27(23,24)15-7-5-4-6-13(15)19(21)22/h4-9,18H,3H2,1-2H3. The van der Waals surface area contributed by atoms with Crippen molar-refractivity contribution in [2.45, 2.75) is 11.8 Å². The number of methoxy groups -OCH3 is 1. The second kappa shape index (κ2) is 8.23. The third-order valence-corrected chi connectivity index (χ3v) is 5.11. The fourth-order valence-corrected chi connectivity index (χ4v) is 3.71. The fourth-order valence-electron chi connectivity index (χ4n) is 2.20. The lowest BCUT2D eigenvalue weighted by molar-refractivity contribution is -0.387. The summed E-state index contributed by atoms with van der Waals surface area (Å²) in [5, 5.41) is 11.0. The van der Waals surface area contributed by atoms with Gasteiger partial charge in [0.2, 0.25) is 0 Å². The van der Waals surface area contributed by atoms with E-state index in [9.17, 15) is 23.3 Å². The van der Waals surface area contributed by atoms with Gasteiger partial charge < -0.3 is 9.47 Å². The maximum absolute atomic E-state index is 12.6. The molecule has 0 amide bonds. The van der Waals surface area contributed by atoms with E-state index in [-0.39, 0.29) is 28.6 Å². The average molecular weight is 415 g/mol. The Hall–Kier alpha value is -2.85. The summed E-state index contributed by atoms with van der Waals surface area (Å²) in [7, 11) is -3.04. The zero-order chi connectivity index (χ0) is 20.2. The number of nitro groups is 1. The van der Waals surface area contributed by atoms with Crippen molar-refractivity contribution < 1.29 is 27.6 Å². The second-order valence-electron chi connectivity index (χ2n) is 5.08. The van der Waals surface area contributed by atoms with Gasteiger partial charge in [0, 0.05) is 12.1 Å². The van der Waals surface area contributed by atoms with Gasteiger partial charge in [0.15, 0.2) is 4.90 Å². The van der Waals surface area contributed by atoms with Crippen LogP contribution < -0.4 is 9.46 Å². The van der Waals surface area contributed by atoms with Gasteiger partial charge in [0.1, 0.15) is 11.3 Å². The quantitative estimate of drug-likeness (QED) is 0.418. The first kappa shape index (κ1) is 20.5. The summed E-state index contributed by atoms with van der Waals surface area (Å²) >= 11 is 6.07. The minimum absolute atomic E-state index is 0.0120. The lowest BCUT2D eigenvalue weighted by Crippen LogP contribution is -2.15. The largest absolute Gasteiger partial charge is 0.496 e. The Balaban J connectivity index is 2.48. The van der Waals surface area contributed by atoms with Gasteiger partial charge in [-0.15, -0.1) is 0 Å². The number of halogens is 1. The van der Waals surface area contributed by atoms with E-state index in [1.165, 1.54) is 31.4 Å². The van der Waals surface area contributed by atoms with Crippen LogP contribution in [0.15, 0.2) is 41.3 Å². The Kier molecular flexibility index (Phi) is 6.24. The maximum Gasteiger partial charge on any atom is 0.341 e. The number of rotatable bonds is 7. The molecule has 1 N–H and O–H groups in total. The Labute approximate surface area is 160 Å². The predicted octanol–water partition coefficient (Wildman–Crippen LogP) is 3.23. The number of nitro benzene ring substituents is 1. The smallest absolute Gasteiger partial charge is 0.341 e. The number of sulfonamides is 1. The van der Waals surface area contributed by atoms with Crippen molar-refractivity contribution in [3.05, 3.63) is 57.1 Å². The third kappa shape index (κ3) is 4.47. The van der Waals surface area contributed by atoms with Gasteiger partial charge in [-0.1, -0.05) is 23.7 Å². The monoisotopic (exact) mass is 414 g/mol. The van der Waals surface area contributed by atoms with Crippen LogP contribution in [0.1, 0.15) is 17.3 Å². The Morgan fingerprint density at radius 1 is 1.30 bits per heavy atom. The molecule has 0 atom stereocenters. The number of hydrogen-bond donors (Lipinski definition) is 1. The predicted molar refractivity (Wildman–Crippen MR) is 97.9 cm³/mol. The first-order valence-corrected chi connectivity index (χ1v) is 9.38. The van der Waals surface area contributed by atoms with Crippen LogP contribution in [0.4, 0.5) is 11.4 Å².